The molecule has 130 valence electrons. The largest absolute Gasteiger partial charge is 0.354 e. The summed E-state index contributed by atoms with van der Waals surface area (Å²) in [5.74, 6) is 0.451. The summed E-state index contributed by atoms with van der Waals surface area (Å²) in [6.07, 6.45) is 3.18. The molecular weight excluding hydrogens is 328 g/mol. The number of benzene rings is 1. The third-order valence-electron chi connectivity index (χ3n) is 4.82. The van der Waals surface area contributed by atoms with Gasteiger partial charge < -0.3 is 10.6 Å². The first-order chi connectivity index (χ1) is 11.6. The Morgan fingerprint density at radius 3 is 2.67 bits per heavy atom. The summed E-state index contributed by atoms with van der Waals surface area (Å²) >= 11 is 5.80. The van der Waals surface area contributed by atoms with Gasteiger partial charge in [0.25, 0.3) is 5.91 Å². The predicted molar refractivity (Wildman–Crippen MR) is 92.6 cm³/mol. The first-order valence-corrected chi connectivity index (χ1v) is 8.83. The Morgan fingerprint density at radius 1 is 1.12 bits per heavy atom. The van der Waals surface area contributed by atoms with Crippen LogP contribution in [-0.4, -0.2) is 37.5 Å². The normalized spacial score (nSPS) is 25.8. The molecule has 24 heavy (non-hydrogen) atoms. The van der Waals surface area contributed by atoms with Gasteiger partial charge in [-0.2, -0.15) is 0 Å². The van der Waals surface area contributed by atoms with Crippen LogP contribution >= 0.6 is 11.6 Å². The Kier molecular flexibility index (Phi) is 5.71. The summed E-state index contributed by atoms with van der Waals surface area (Å²) in [6.45, 7) is 1.77. The fourth-order valence-electron chi connectivity index (χ4n) is 3.53. The van der Waals surface area contributed by atoms with Crippen LogP contribution in [0.25, 0.3) is 0 Å². The van der Waals surface area contributed by atoms with E-state index in [9.17, 15) is 9.59 Å². The van der Waals surface area contributed by atoms with Crippen LogP contribution in [0.15, 0.2) is 24.3 Å². The van der Waals surface area contributed by atoms with Gasteiger partial charge in [0.2, 0.25) is 5.91 Å². The number of rotatable bonds is 5. The Bertz CT molecular complexity index is 593. The lowest BCUT2D eigenvalue weighted by Crippen LogP contribution is -2.48. The molecule has 1 saturated carbocycles. The maximum absolute atomic E-state index is 12.4. The van der Waals surface area contributed by atoms with Crippen LogP contribution in [0.5, 0.6) is 0 Å². The van der Waals surface area contributed by atoms with Crippen LogP contribution in [0.2, 0.25) is 5.02 Å². The molecule has 0 radical (unpaired) electrons. The Balaban J connectivity index is 1.40. The van der Waals surface area contributed by atoms with Crippen LogP contribution in [0.4, 0.5) is 0 Å². The highest BCUT2D eigenvalue weighted by atomic mass is 35.5. The minimum atomic E-state index is -0.166. The quantitative estimate of drug-likeness (QED) is 0.599. The van der Waals surface area contributed by atoms with Crippen molar-refractivity contribution in [3.05, 3.63) is 34.9 Å². The SMILES string of the molecule is O=C(NCCNC(=O)C1CCCC2CNNC21)c1ccc(Cl)cc1. The second-order valence-corrected chi connectivity index (χ2v) is 6.84. The molecule has 1 saturated heterocycles. The van der Waals surface area contributed by atoms with Gasteiger partial charge in [-0.15, -0.1) is 0 Å². The highest BCUT2D eigenvalue weighted by Crippen LogP contribution is 2.31. The topological polar surface area (TPSA) is 82.3 Å². The van der Waals surface area contributed by atoms with Gasteiger partial charge in [-0.05, 0) is 43.0 Å². The van der Waals surface area contributed by atoms with Crippen molar-refractivity contribution in [2.75, 3.05) is 19.6 Å². The molecule has 1 aliphatic heterocycles. The zero-order chi connectivity index (χ0) is 16.9. The van der Waals surface area contributed by atoms with E-state index in [-0.39, 0.29) is 23.8 Å². The molecular formula is C17H23ClN4O2. The van der Waals surface area contributed by atoms with Gasteiger partial charge in [-0.3, -0.25) is 20.4 Å². The first-order valence-electron chi connectivity index (χ1n) is 8.45. The van der Waals surface area contributed by atoms with Crippen molar-refractivity contribution >= 4 is 23.4 Å². The summed E-state index contributed by atoms with van der Waals surface area (Å²) in [4.78, 5) is 24.4. The number of hydrogen-bond acceptors (Lipinski definition) is 4. The summed E-state index contributed by atoms with van der Waals surface area (Å²) in [7, 11) is 0. The van der Waals surface area contributed by atoms with Gasteiger partial charge in [0.15, 0.2) is 0 Å². The van der Waals surface area contributed by atoms with Crippen molar-refractivity contribution < 1.29 is 9.59 Å². The molecule has 7 heteroatoms. The standard InChI is InChI=1S/C17H23ClN4O2/c18-13-6-4-11(5-7-13)16(23)19-8-9-20-17(24)14-3-1-2-12-10-21-22-15(12)14/h4-7,12,14-15,21-22H,1-3,8-10H2,(H,19,23)(H,20,24). The van der Waals surface area contributed by atoms with Crippen molar-refractivity contribution in [2.24, 2.45) is 11.8 Å². The minimum absolute atomic E-state index is 0.00529. The molecule has 0 aromatic heterocycles. The molecule has 2 aliphatic rings. The number of hydrogen-bond donors (Lipinski definition) is 4. The number of halogens is 1. The number of nitrogens with one attached hydrogen (secondary N) is 4. The molecule has 2 fully saturated rings. The smallest absolute Gasteiger partial charge is 0.251 e. The van der Waals surface area contributed by atoms with Crippen molar-refractivity contribution in [3.63, 3.8) is 0 Å². The zero-order valence-corrected chi connectivity index (χ0v) is 14.2. The lowest BCUT2D eigenvalue weighted by Gasteiger charge is -2.31. The van der Waals surface area contributed by atoms with E-state index in [0.29, 0.717) is 29.6 Å². The van der Waals surface area contributed by atoms with Crippen molar-refractivity contribution in [1.29, 1.82) is 0 Å². The molecule has 0 bridgehead atoms. The van der Waals surface area contributed by atoms with Crippen LogP contribution in [0, 0.1) is 11.8 Å². The minimum Gasteiger partial charge on any atom is -0.354 e. The van der Waals surface area contributed by atoms with E-state index in [1.54, 1.807) is 24.3 Å². The Morgan fingerprint density at radius 2 is 1.88 bits per heavy atom. The predicted octanol–water partition coefficient (Wildman–Crippen LogP) is 1.08. The van der Waals surface area contributed by atoms with Crippen molar-refractivity contribution in [1.82, 2.24) is 21.5 Å². The first kappa shape index (κ1) is 17.2. The average Bonchev–Trinajstić information content (AvgIpc) is 3.07. The molecule has 2 amide bonds. The second-order valence-electron chi connectivity index (χ2n) is 6.40. The van der Waals surface area contributed by atoms with E-state index >= 15 is 0 Å². The van der Waals surface area contributed by atoms with Crippen LogP contribution in [-0.2, 0) is 4.79 Å². The summed E-state index contributed by atoms with van der Waals surface area (Å²) < 4.78 is 0. The van der Waals surface area contributed by atoms with Crippen molar-refractivity contribution in [2.45, 2.75) is 25.3 Å². The molecule has 1 aromatic carbocycles. The number of carbonyl (C=O) groups is 2. The summed E-state index contributed by atoms with van der Waals surface area (Å²) in [5, 5.41) is 6.33. The molecule has 1 aliphatic carbocycles. The van der Waals surface area contributed by atoms with Gasteiger partial charge in [0, 0.05) is 36.3 Å². The maximum atomic E-state index is 12.4. The number of carbonyl (C=O) groups excluding carboxylic acids is 2. The Hall–Kier alpha value is -1.63. The number of amides is 2. The van der Waals surface area contributed by atoms with E-state index in [1.165, 1.54) is 6.42 Å². The fourth-order valence-corrected chi connectivity index (χ4v) is 3.66. The second kappa shape index (κ2) is 7.96. The lowest BCUT2D eigenvalue weighted by atomic mass is 9.77. The van der Waals surface area contributed by atoms with E-state index < -0.39 is 0 Å². The molecule has 3 atom stereocenters. The van der Waals surface area contributed by atoms with Gasteiger partial charge in [-0.25, -0.2) is 0 Å². The van der Waals surface area contributed by atoms with Crippen LogP contribution in [0.1, 0.15) is 29.6 Å². The molecule has 3 unspecified atom stereocenters. The molecule has 0 spiro atoms. The highest BCUT2D eigenvalue weighted by molar-refractivity contribution is 6.30. The fraction of sp³-hybridized carbons (Fsp3) is 0.529. The van der Waals surface area contributed by atoms with E-state index in [0.717, 1.165) is 19.4 Å². The van der Waals surface area contributed by atoms with E-state index in [1.807, 2.05) is 0 Å². The van der Waals surface area contributed by atoms with Gasteiger partial charge in [-0.1, -0.05) is 18.0 Å². The highest BCUT2D eigenvalue weighted by Gasteiger charge is 2.39. The van der Waals surface area contributed by atoms with Gasteiger partial charge in [0.1, 0.15) is 0 Å². The summed E-state index contributed by atoms with van der Waals surface area (Å²) in [6, 6.07) is 6.94. The number of fused-ring (bicyclic) bond motifs is 1. The molecule has 1 aromatic rings. The monoisotopic (exact) mass is 350 g/mol. The van der Waals surface area contributed by atoms with Crippen LogP contribution < -0.4 is 21.5 Å². The molecule has 3 rings (SSSR count). The third kappa shape index (κ3) is 4.06. The summed E-state index contributed by atoms with van der Waals surface area (Å²) in [5.41, 5.74) is 6.95. The third-order valence-corrected chi connectivity index (χ3v) is 5.07. The van der Waals surface area contributed by atoms with Crippen molar-refractivity contribution in [3.8, 4) is 0 Å². The van der Waals surface area contributed by atoms with E-state index in [2.05, 4.69) is 21.5 Å². The molecule has 6 nitrogen and oxygen atoms in total. The lowest BCUT2D eigenvalue weighted by molar-refractivity contribution is -0.127. The molecule has 1 heterocycles. The Labute approximate surface area is 146 Å². The zero-order valence-electron chi connectivity index (χ0n) is 13.5. The van der Waals surface area contributed by atoms with Gasteiger partial charge in [0.05, 0.1) is 5.92 Å². The van der Waals surface area contributed by atoms with E-state index in [4.69, 9.17) is 11.6 Å². The average molecular weight is 351 g/mol. The number of hydrazine groups is 1. The van der Waals surface area contributed by atoms with Crippen LogP contribution in [0.3, 0.4) is 0 Å². The molecule has 4 N–H and O–H groups in total. The van der Waals surface area contributed by atoms with Gasteiger partial charge >= 0.3 is 0 Å². The maximum Gasteiger partial charge on any atom is 0.251 e.